The highest BCUT2D eigenvalue weighted by atomic mass is 16.5. The van der Waals surface area contributed by atoms with Gasteiger partial charge in [-0.25, -0.2) is 5.84 Å². The average Bonchev–Trinajstić information content (AvgIpc) is 2.38. The Morgan fingerprint density at radius 1 is 1.24 bits per heavy atom. The molecule has 0 saturated heterocycles. The number of benzene rings is 2. The number of carbonyl (C=O) groups excluding carboxylic acids is 1. The predicted molar refractivity (Wildman–Crippen MR) is 66.4 cm³/mol. The second-order valence-corrected chi connectivity index (χ2v) is 3.75. The Morgan fingerprint density at radius 2 is 1.94 bits per heavy atom. The molecule has 0 aromatic heterocycles. The molecule has 2 aromatic rings. The lowest BCUT2D eigenvalue weighted by Crippen LogP contribution is -2.40. The molecule has 4 heteroatoms. The highest BCUT2D eigenvalue weighted by Crippen LogP contribution is 2.25. The number of amides is 1. The number of hydrogen-bond acceptors (Lipinski definition) is 3. The van der Waals surface area contributed by atoms with Crippen molar-refractivity contribution in [2.45, 2.75) is 13.0 Å². The number of carbonyl (C=O) groups is 1. The van der Waals surface area contributed by atoms with Crippen molar-refractivity contribution in [1.29, 1.82) is 0 Å². The molecule has 4 nitrogen and oxygen atoms in total. The van der Waals surface area contributed by atoms with Crippen LogP contribution in [0.4, 0.5) is 0 Å². The molecule has 0 aliphatic rings. The zero-order valence-corrected chi connectivity index (χ0v) is 9.51. The van der Waals surface area contributed by atoms with Gasteiger partial charge in [0, 0.05) is 5.39 Å². The highest BCUT2D eigenvalue weighted by molar-refractivity contribution is 5.89. The normalized spacial score (nSPS) is 12.1. The van der Waals surface area contributed by atoms with E-state index >= 15 is 0 Å². The molecule has 0 bridgehead atoms. The van der Waals surface area contributed by atoms with Crippen molar-refractivity contribution in [3.8, 4) is 5.75 Å². The number of nitrogens with one attached hydrogen (secondary N) is 1. The van der Waals surface area contributed by atoms with Crippen LogP contribution in [0.25, 0.3) is 10.8 Å². The summed E-state index contributed by atoms with van der Waals surface area (Å²) >= 11 is 0. The maximum Gasteiger partial charge on any atom is 0.274 e. The van der Waals surface area contributed by atoms with Gasteiger partial charge in [-0.1, -0.05) is 36.4 Å². The van der Waals surface area contributed by atoms with E-state index in [9.17, 15) is 4.79 Å². The van der Waals surface area contributed by atoms with Crippen LogP contribution in [0.3, 0.4) is 0 Å². The van der Waals surface area contributed by atoms with Gasteiger partial charge >= 0.3 is 0 Å². The van der Waals surface area contributed by atoms with Crippen molar-refractivity contribution in [3.05, 3.63) is 42.5 Å². The van der Waals surface area contributed by atoms with Gasteiger partial charge in [-0.3, -0.25) is 10.2 Å². The largest absolute Gasteiger partial charge is 0.480 e. The standard InChI is InChI=1S/C13H14N2O2/c1-9(13(16)15-14)17-12-8-4-6-10-5-2-3-7-11(10)12/h2-9H,14H2,1H3,(H,15,16)/t9-/m0/s1. The monoisotopic (exact) mass is 230 g/mol. The Kier molecular flexibility index (Phi) is 3.25. The summed E-state index contributed by atoms with van der Waals surface area (Å²) in [5.41, 5.74) is 2.07. The molecular weight excluding hydrogens is 216 g/mol. The lowest BCUT2D eigenvalue weighted by molar-refractivity contribution is -0.127. The molecule has 88 valence electrons. The van der Waals surface area contributed by atoms with E-state index in [0.29, 0.717) is 5.75 Å². The van der Waals surface area contributed by atoms with Crippen molar-refractivity contribution < 1.29 is 9.53 Å². The summed E-state index contributed by atoms with van der Waals surface area (Å²) in [5, 5.41) is 2.05. The first-order valence-electron chi connectivity index (χ1n) is 5.37. The maximum atomic E-state index is 11.3. The summed E-state index contributed by atoms with van der Waals surface area (Å²) in [5.74, 6) is 5.39. The number of hydrogen-bond donors (Lipinski definition) is 2. The molecule has 0 saturated carbocycles. The Morgan fingerprint density at radius 3 is 2.71 bits per heavy atom. The molecule has 2 aromatic carbocycles. The van der Waals surface area contributed by atoms with Gasteiger partial charge in [0.2, 0.25) is 0 Å². The fourth-order valence-electron chi connectivity index (χ4n) is 1.66. The van der Waals surface area contributed by atoms with Crippen LogP contribution < -0.4 is 16.0 Å². The van der Waals surface area contributed by atoms with E-state index in [1.54, 1.807) is 6.92 Å². The van der Waals surface area contributed by atoms with Crippen molar-refractivity contribution >= 4 is 16.7 Å². The van der Waals surface area contributed by atoms with Crippen LogP contribution >= 0.6 is 0 Å². The first kappa shape index (κ1) is 11.4. The summed E-state index contributed by atoms with van der Waals surface area (Å²) in [6.07, 6.45) is -0.620. The third-order valence-corrected chi connectivity index (χ3v) is 2.56. The minimum Gasteiger partial charge on any atom is -0.480 e. The molecule has 17 heavy (non-hydrogen) atoms. The Labute approximate surface area is 99.3 Å². The number of nitrogens with two attached hydrogens (primary N) is 1. The van der Waals surface area contributed by atoms with Gasteiger partial charge in [-0.05, 0) is 18.4 Å². The van der Waals surface area contributed by atoms with E-state index in [0.717, 1.165) is 10.8 Å². The number of ether oxygens (including phenoxy) is 1. The Bertz CT molecular complexity index is 534. The van der Waals surface area contributed by atoms with Gasteiger partial charge in [0.05, 0.1) is 0 Å². The van der Waals surface area contributed by atoms with Crippen LogP contribution in [-0.2, 0) is 4.79 Å². The molecule has 0 aliphatic heterocycles. The van der Waals surface area contributed by atoms with Gasteiger partial charge in [0.1, 0.15) is 5.75 Å². The summed E-state index contributed by atoms with van der Waals surface area (Å²) < 4.78 is 5.59. The van der Waals surface area contributed by atoms with Gasteiger partial charge in [0.25, 0.3) is 5.91 Å². The van der Waals surface area contributed by atoms with Crippen LogP contribution in [-0.4, -0.2) is 12.0 Å². The highest BCUT2D eigenvalue weighted by Gasteiger charge is 2.13. The molecule has 1 amide bonds. The molecule has 0 aliphatic carbocycles. The predicted octanol–water partition coefficient (Wildman–Crippen LogP) is 1.60. The van der Waals surface area contributed by atoms with E-state index in [1.807, 2.05) is 42.5 Å². The summed E-state index contributed by atoms with van der Waals surface area (Å²) in [4.78, 5) is 11.3. The molecule has 0 heterocycles. The lowest BCUT2D eigenvalue weighted by atomic mass is 10.1. The van der Waals surface area contributed by atoms with E-state index in [1.165, 1.54) is 0 Å². The van der Waals surface area contributed by atoms with E-state index in [4.69, 9.17) is 10.6 Å². The summed E-state index contributed by atoms with van der Waals surface area (Å²) in [6, 6.07) is 13.6. The molecule has 1 atom stereocenters. The van der Waals surface area contributed by atoms with Crippen LogP contribution in [0.2, 0.25) is 0 Å². The van der Waals surface area contributed by atoms with Gasteiger partial charge < -0.3 is 4.74 Å². The number of hydrazine groups is 1. The molecule has 0 fully saturated rings. The minimum absolute atomic E-state index is 0.349. The second kappa shape index (κ2) is 4.84. The van der Waals surface area contributed by atoms with Crippen molar-refractivity contribution in [3.63, 3.8) is 0 Å². The molecular formula is C13H14N2O2. The first-order chi connectivity index (χ1) is 8.22. The SMILES string of the molecule is C[C@H](Oc1cccc2ccccc12)C(=O)NN. The van der Waals surface area contributed by atoms with E-state index in [2.05, 4.69) is 5.43 Å². The number of rotatable bonds is 3. The smallest absolute Gasteiger partial charge is 0.274 e. The summed E-state index contributed by atoms with van der Waals surface area (Å²) in [6.45, 7) is 1.66. The van der Waals surface area contributed by atoms with Gasteiger partial charge in [0.15, 0.2) is 6.10 Å². The van der Waals surface area contributed by atoms with Crippen LogP contribution in [0.15, 0.2) is 42.5 Å². The van der Waals surface area contributed by atoms with E-state index < -0.39 is 6.10 Å². The van der Waals surface area contributed by atoms with Gasteiger partial charge in [-0.15, -0.1) is 0 Å². The maximum absolute atomic E-state index is 11.3. The van der Waals surface area contributed by atoms with Crippen molar-refractivity contribution in [2.24, 2.45) is 5.84 Å². The Balaban J connectivity index is 2.33. The van der Waals surface area contributed by atoms with Crippen LogP contribution in [0.1, 0.15) is 6.92 Å². The first-order valence-corrected chi connectivity index (χ1v) is 5.37. The summed E-state index contributed by atoms with van der Waals surface area (Å²) in [7, 11) is 0. The van der Waals surface area contributed by atoms with Crippen LogP contribution in [0, 0.1) is 0 Å². The fourth-order valence-corrected chi connectivity index (χ4v) is 1.66. The molecule has 0 unspecified atom stereocenters. The van der Waals surface area contributed by atoms with E-state index in [-0.39, 0.29) is 5.91 Å². The zero-order chi connectivity index (χ0) is 12.3. The topological polar surface area (TPSA) is 64.3 Å². The minimum atomic E-state index is -0.620. The molecule has 2 rings (SSSR count). The zero-order valence-electron chi connectivity index (χ0n) is 9.51. The average molecular weight is 230 g/mol. The fraction of sp³-hybridized carbons (Fsp3) is 0.154. The van der Waals surface area contributed by atoms with Crippen molar-refractivity contribution in [2.75, 3.05) is 0 Å². The number of fused-ring (bicyclic) bond motifs is 1. The van der Waals surface area contributed by atoms with Crippen molar-refractivity contribution in [1.82, 2.24) is 5.43 Å². The third kappa shape index (κ3) is 2.37. The lowest BCUT2D eigenvalue weighted by Gasteiger charge is -2.14. The van der Waals surface area contributed by atoms with Crippen LogP contribution in [0.5, 0.6) is 5.75 Å². The third-order valence-electron chi connectivity index (χ3n) is 2.56. The molecule has 0 radical (unpaired) electrons. The molecule has 3 N–H and O–H groups in total. The quantitative estimate of drug-likeness (QED) is 0.478. The second-order valence-electron chi connectivity index (χ2n) is 3.75. The van der Waals surface area contributed by atoms with Gasteiger partial charge in [-0.2, -0.15) is 0 Å². The Hall–Kier alpha value is -2.07. The molecule has 0 spiro atoms.